The number of amides is 1. The first-order chi connectivity index (χ1) is 21.7. The van der Waals surface area contributed by atoms with Crippen molar-refractivity contribution in [3.63, 3.8) is 0 Å². The molecule has 0 radical (unpaired) electrons. The molecule has 2 saturated carbocycles. The number of nitrogens with zero attached hydrogens (tertiary/aromatic N) is 4. The first-order valence-electron chi connectivity index (χ1n) is 15.9. The largest absolute Gasteiger partial charge is 0.495 e. The molecule has 2 aliphatic heterocycles. The van der Waals surface area contributed by atoms with Crippen molar-refractivity contribution in [3.05, 3.63) is 47.0 Å². The Morgan fingerprint density at radius 3 is 2.33 bits per heavy atom. The molecule has 12 heteroatoms. The number of methoxy groups -OCH3 is 2. The number of carbonyl (C=O) groups excluding carboxylic acids is 1. The predicted molar refractivity (Wildman–Crippen MR) is 169 cm³/mol. The van der Waals surface area contributed by atoms with E-state index in [0.717, 1.165) is 68.6 Å². The van der Waals surface area contributed by atoms with Crippen LogP contribution in [-0.4, -0.2) is 88.8 Å². The van der Waals surface area contributed by atoms with Crippen molar-refractivity contribution < 1.29 is 27.2 Å². The van der Waals surface area contributed by atoms with Gasteiger partial charge in [0.1, 0.15) is 11.5 Å². The second-order valence-electron chi connectivity index (χ2n) is 13.2. The topological polar surface area (TPSA) is 117 Å². The molecule has 2 atom stereocenters. The summed E-state index contributed by atoms with van der Waals surface area (Å²) in [4.78, 5) is 20.2. The van der Waals surface area contributed by atoms with Gasteiger partial charge in [0.25, 0.3) is 15.9 Å². The highest BCUT2D eigenvalue weighted by Gasteiger charge is 2.51. The van der Waals surface area contributed by atoms with Crippen LogP contribution in [0.15, 0.2) is 39.8 Å². The summed E-state index contributed by atoms with van der Waals surface area (Å²) in [6.45, 7) is 3.65. The summed E-state index contributed by atoms with van der Waals surface area (Å²) in [5.41, 5.74) is 4.45. The molecule has 0 unspecified atom stereocenters. The molecule has 3 heterocycles. The SMILES string of the molecule is COc1cc(C(=O)N2CCCN(C)[C@@H]3CC[C@@H]32)cc(OC)c1S(=O)(=O)Nc1noc2c1CC1(CC1)c1ccc(N3CCC3)cc1-2. The zero-order valence-electron chi connectivity index (χ0n) is 26.0. The minimum Gasteiger partial charge on any atom is -0.495 e. The van der Waals surface area contributed by atoms with E-state index in [-0.39, 0.29) is 39.6 Å². The second kappa shape index (κ2) is 10.4. The van der Waals surface area contributed by atoms with Crippen LogP contribution in [0.3, 0.4) is 0 Å². The lowest BCUT2D eigenvalue weighted by Gasteiger charge is -2.45. The van der Waals surface area contributed by atoms with Gasteiger partial charge in [-0.2, -0.15) is 0 Å². The lowest BCUT2D eigenvalue weighted by molar-refractivity contribution is 0.0364. The molecule has 2 aromatic carbocycles. The standard InChI is InChI=1S/C33H39N5O6S/c1-36-12-4-15-38(26-9-8-25(26)36)32(39)20-16-27(42-2)30(28(17-20)43-3)45(40,41)35-31-23-19-33(10-11-33)24-7-6-21(37-13-5-14-37)18-22(24)29(23)44-34-31/h6-7,16-18,25-26H,4-5,8-15,19H2,1-3H3,(H,34,35)/t25-,26+/m1/s1. The Labute approximate surface area is 263 Å². The Morgan fingerprint density at radius 2 is 1.71 bits per heavy atom. The van der Waals surface area contributed by atoms with Gasteiger partial charge in [-0.05, 0) is 88.4 Å². The third-order valence-electron chi connectivity index (χ3n) is 10.7. The summed E-state index contributed by atoms with van der Waals surface area (Å²) >= 11 is 0. The van der Waals surface area contributed by atoms with Crippen molar-refractivity contribution in [2.75, 3.05) is 57.1 Å². The van der Waals surface area contributed by atoms with Gasteiger partial charge in [-0.3, -0.25) is 9.52 Å². The number of nitrogens with one attached hydrogen (secondary N) is 1. The van der Waals surface area contributed by atoms with Crippen molar-refractivity contribution in [2.45, 2.75) is 67.3 Å². The third-order valence-corrected chi connectivity index (χ3v) is 12.1. The molecule has 3 aliphatic carbocycles. The fourth-order valence-electron chi connectivity index (χ4n) is 7.78. The fraction of sp³-hybridized carbons (Fsp3) is 0.515. The van der Waals surface area contributed by atoms with Crippen LogP contribution in [0.5, 0.6) is 11.5 Å². The summed E-state index contributed by atoms with van der Waals surface area (Å²) < 4.78 is 47.9. The van der Waals surface area contributed by atoms with E-state index in [1.54, 1.807) is 0 Å². The molecule has 3 aromatic rings. The maximum atomic E-state index is 14.1. The highest BCUT2D eigenvalue weighted by atomic mass is 32.2. The Balaban J connectivity index is 1.12. The molecule has 0 bridgehead atoms. The van der Waals surface area contributed by atoms with Crippen molar-refractivity contribution >= 4 is 27.4 Å². The monoisotopic (exact) mass is 633 g/mol. The van der Waals surface area contributed by atoms with Gasteiger partial charge < -0.3 is 28.7 Å². The molecule has 238 valence electrons. The van der Waals surface area contributed by atoms with Gasteiger partial charge in [0.05, 0.1) is 14.2 Å². The van der Waals surface area contributed by atoms with Crippen molar-refractivity contribution in [3.8, 4) is 22.8 Å². The molecular weight excluding hydrogens is 594 g/mol. The van der Waals surface area contributed by atoms with Gasteiger partial charge in [0, 0.05) is 59.5 Å². The zero-order valence-corrected chi connectivity index (χ0v) is 26.8. The van der Waals surface area contributed by atoms with Gasteiger partial charge in [0.15, 0.2) is 16.5 Å². The lowest BCUT2D eigenvalue weighted by Crippen LogP contribution is -2.56. The second-order valence-corrected chi connectivity index (χ2v) is 14.8. The Bertz CT molecular complexity index is 1770. The quantitative estimate of drug-likeness (QED) is 0.407. The normalized spacial score (nSPS) is 23.2. The van der Waals surface area contributed by atoms with Gasteiger partial charge >= 0.3 is 0 Å². The van der Waals surface area contributed by atoms with Crippen LogP contribution in [0.2, 0.25) is 0 Å². The van der Waals surface area contributed by atoms with Crippen LogP contribution in [0.25, 0.3) is 11.3 Å². The molecule has 11 nitrogen and oxygen atoms in total. The minimum absolute atomic E-state index is 0.0273. The van der Waals surface area contributed by atoms with E-state index < -0.39 is 10.0 Å². The van der Waals surface area contributed by atoms with Crippen LogP contribution in [0, 0.1) is 0 Å². The number of hydrogen-bond donors (Lipinski definition) is 1. The molecule has 5 aliphatic rings. The maximum absolute atomic E-state index is 14.1. The van der Waals surface area contributed by atoms with Gasteiger partial charge in [-0.15, -0.1) is 0 Å². The van der Waals surface area contributed by atoms with E-state index in [1.165, 1.54) is 38.3 Å². The number of sulfonamides is 1. The molecule has 1 aromatic heterocycles. The van der Waals surface area contributed by atoms with E-state index in [2.05, 4.69) is 44.9 Å². The predicted octanol–water partition coefficient (Wildman–Crippen LogP) is 4.27. The average molecular weight is 634 g/mol. The van der Waals surface area contributed by atoms with Crippen molar-refractivity contribution in [2.24, 2.45) is 0 Å². The molecule has 1 N–H and O–H groups in total. The van der Waals surface area contributed by atoms with Crippen molar-refractivity contribution in [1.82, 2.24) is 15.0 Å². The van der Waals surface area contributed by atoms with E-state index in [1.807, 2.05) is 4.90 Å². The number of ether oxygens (including phenoxy) is 2. The number of hydrogen-bond acceptors (Lipinski definition) is 9. The lowest BCUT2D eigenvalue weighted by atomic mass is 9.79. The van der Waals surface area contributed by atoms with Crippen molar-refractivity contribution in [1.29, 1.82) is 0 Å². The first-order valence-corrected chi connectivity index (χ1v) is 17.4. The van der Waals surface area contributed by atoms with Crippen LogP contribution < -0.4 is 19.1 Å². The van der Waals surface area contributed by atoms with E-state index in [0.29, 0.717) is 30.3 Å². The highest BCUT2D eigenvalue weighted by molar-refractivity contribution is 7.93. The Kier molecular flexibility index (Phi) is 6.62. The summed E-state index contributed by atoms with van der Waals surface area (Å²) in [5, 5.41) is 4.24. The van der Waals surface area contributed by atoms with Gasteiger partial charge in [-0.1, -0.05) is 11.2 Å². The summed E-state index contributed by atoms with van der Waals surface area (Å²) in [6.07, 6.45) is 6.80. The average Bonchev–Trinajstić information content (AvgIpc) is 3.67. The summed E-state index contributed by atoms with van der Waals surface area (Å²) in [7, 11) is 0.641. The smallest absolute Gasteiger partial charge is 0.270 e. The van der Waals surface area contributed by atoms with Crippen LogP contribution in [0.1, 0.15) is 60.0 Å². The number of anilines is 2. The first kappa shape index (κ1) is 28.7. The Morgan fingerprint density at radius 1 is 1.00 bits per heavy atom. The Hall–Kier alpha value is -3.77. The number of rotatable bonds is 7. The number of benzene rings is 2. The van der Waals surface area contributed by atoms with E-state index in [4.69, 9.17) is 14.0 Å². The van der Waals surface area contributed by atoms with E-state index >= 15 is 0 Å². The zero-order chi connectivity index (χ0) is 31.1. The molecule has 8 rings (SSSR count). The third kappa shape index (κ3) is 4.51. The molecule has 1 amide bonds. The number of aromatic nitrogens is 1. The van der Waals surface area contributed by atoms with Gasteiger partial charge in [0.2, 0.25) is 0 Å². The van der Waals surface area contributed by atoms with Crippen LogP contribution in [0.4, 0.5) is 11.5 Å². The summed E-state index contributed by atoms with van der Waals surface area (Å²) in [6, 6.07) is 10.1. The number of fused-ring (bicyclic) bond motifs is 5. The number of likely N-dealkylation sites (N-methyl/N-ethyl adjacent to an activating group) is 1. The number of carbonyl (C=O) groups is 1. The highest BCUT2D eigenvalue weighted by Crippen LogP contribution is 2.59. The van der Waals surface area contributed by atoms with E-state index in [9.17, 15) is 13.2 Å². The van der Waals surface area contributed by atoms with Crippen LogP contribution in [-0.2, 0) is 21.9 Å². The summed E-state index contributed by atoms with van der Waals surface area (Å²) in [5.74, 6) is 0.695. The van der Waals surface area contributed by atoms with Crippen LogP contribution >= 0.6 is 0 Å². The maximum Gasteiger partial charge on any atom is 0.270 e. The van der Waals surface area contributed by atoms with Gasteiger partial charge in [-0.25, -0.2) is 8.42 Å². The minimum atomic E-state index is -4.26. The fourth-order valence-corrected chi connectivity index (χ4v) is 9.11. The molecule has 45 heavy (non-hydrogen) atoms. The molecular formula is C33H39N5O6S. The molecule has 4 fully saturated rings. The molecule has 2 saturated heterocycles. The molecule has 1 spiro atoms.